The van der Waals surface area contributed by atoms with E-state index in [-0.39, 0.29) is 5.54 Å². The Kier molecular flexibility index (Phi) is 3.30. The first kappa shape index (κ1) is 11.6. The molecule has 1 aliphatic rings. The molecule has 0 radical (unpaired) electrons. The average molecular weight is 222 g/mol. The summed E-state index contributed by atoms with van der Waals surface area (Å²) in [5, 5.41) is 0. The number of rotatable bonds is 4. The van der Waals surface area contributed by atoms with Crippen molar-refractivity contribution in [3.05, 3.63) is 18.2 Å². The van der Waals surface area contributed by atoms with Gasteiger partial charge in [-0.1, -0.05) is 0 Å². The molecule has 1 fully saturated rings. The molecule has 0 atom stereocenters. The van der Waals surface area contributed by atoms with Gasteiger partial charge in [-0.15, -0.1) is 0 Å². The highest BCUT2D eigenvalue weighted by atomic mass is 15.2. The summed E-state index contributed by atoms with van der Waals surface area (Å²) in [5.74, 6) is 0. The molecule has 1 aliphatic heterocycles. The third-order valence-corrected chi connectivity index (χ3v) is 3.23. The van der Waals surface area contributed by atoms with Crippen LogP contribution >= 0.6 is 0 Å². The van der Waals surface area contributed by atoms with E-state index in [1.54, 1.807) is 0 Å². The smallest absolute Gasteiger partial charge is 0.0949 e. The van der Waals surface area contributed by atoms with Gasteiger partial charge in [0.1, 0.15) is 0 Å². The highest BCUT2D eigenvalue weighted by molar-refractivity contribution is 5.09. The Labute approximate surface area is 97.4 Å². The lowest BCUT2D eigenvalue weighted by Crippen LogP contribution is -2.33. The molecule has 1 saturated heterocycles. The second kappa shape index (κ2) is 4.55. The van der Waals surface area contributed by atoms with E-state index >= 15 is 0 Å². The van der Waals surface area contributed by atoms with Crippen LogP contribution in [0.1, 0.15) is 32.4 Å². The third-order valence-electron chi connectivity index (χ3n) is 3.23. The Morgan fingerprint density at radius 2 is 2.00 bits per heavy atom. The van der Waals surface area contributed by atoms with Crippen LogP contribution < -0.4 is 5.73 Å². The first-order valence-corrected chi connectivity index (χ1v) is 6.09. The molecule has 16 heavy (non-hydrogen) atoms. The maximum absolute atomic E-state index is 6.11. The predicted octanol–water partition coefficient (Wildman–Crippen LogP) is 1.17. The van der Waals surface area contributed by atoms with Gasteiger partial charge in [0, 0.05) is 19.3 Å². The summed E-state index contributed by atoms with van der Waals surface area (Å²) in [7, 11) is 0. The van der Waals surface area contributed by atoms with Crippen molar-refractivity contribution >= 4 is 0 Å². The SMILES string of the molecule is CC(C)(N)c1cncn1CCN1CCCC1. The normalized spacial score (nSPS) is 18.2. The minimum Gasteiger partial charge on any atom is -0.332 e. The van der Waals surface area contributed by atoms with E-state index in [0.29, 0.717) is 0 Å². The van der Waals surface area contributed by atoms with E-state index in [9.17, 15) is 0 Å². The second-order valence-corrected chi connectivity index (χ2v) is 5.24. The molecule has 0 spiro atoms. The molecule has 1 aromatic heterocycles. The summed E-state index contributed by atoms with van der Waals surface area (Å²) in [6, 6.07) is 0. The van der Waals surface area contributed by atoms with Gasteiger partial charge in [0.25, 0.3) is 0 Å². The number of nitrogens with two attached hydrogens (primary N) is 1. The molecule has 0 aliphatic carbocycles. The van der Waals surface area contributed by atoms with Gasteiger partial charge >= 0.3 is 0 Å². The van der Waals surface area contributed by atoms with Crippen LogP contribution in [0.4, 0.5) is 0 Å². The van der Waals surface area contributed by atoms with Crippen molar-refractivity contribution in [1.82, 2.24) is 14.5 Å². The first-order chi connectivity index (χ1) is 7.57. The summed E-state index contributed by atoms with van der Waals surface area (Å²) in [4.78, 5) is 6.71. The molecular weight excluding hydrogens is 200 g/mol. The van der Waals surface area contributed by atoms with Gasteiger partial charge < -0.3 is 15.2 Å². The van der Waals surface area contributed by atoms with Gasteiger partial charge in [-0.25, -0.2) is 4.98 Å². The molecule has 90 valence electrons. The standard InChI is InChI=1S/C12H22N4/c1-12(2,13)11-9-14-10-16(11)8-7-15-5-3-4-6-15/h9-10H,3-8,13H2,1-2H3. The summed E-state index contributed by atoms with van der Waals surface area (Å²) < 4.78 is 2.18. The van der Waals surface area contributed by atoms with Crippen molar-refractivity contribution in [2.24, 2.45) is 5.73 Å². The van der Waals surface area contributed by atoms with Crippen LogP contribution in [0.15, 0.2) is 12.5 Å². The van der Waals surface area contributed by atoms with Crippen molar-refractivity contribution < 1.29 is 0 Å². The minimum absolute atomic E-state index is 0.304. The molecule has 2 heterocycles. The Hall–Kier alpha value is -0.870. The summed E-state index contributed by atoms with van der Waals surface area (Å²) >= 11 is 0. The molecule has 4 heteroatoms. The summed E-state index contributed by atoms with van der Waals surface area (Å²) in [6.45, 7) is 8.65. The van der Waals surface area contributed by atoms with Crippen LogP contribution in [0.5, 0.6) is 0 Å². The van der Waals surface area contributed by atoms with Gasteiger partial charge in [0.05, 0.1) is 17.6 Å². The maximum atomic E-state index is 6.11. The second-order valence-electron chi connectivity index (χ2n) is 5.24. The Morgan fingerprint density at radius 3 is 2.62 bits per heavy atom. The molecule has 0 aromatic carbocycles. The van der Waals surface area contributed by atoms with E-state index in [1.165, 1.54) is 25.9 Å². The van der Waals surface area contributed by atoms with Crippen LogP contribution in [0.25, 0.3) is 0 Å². The number of imidazole rings is 1. The molecule has 0 amide bonds. The van der Waals surface area contributed by atoms with E-state index < -0.39 is 0 Å². The van der Waals surface area contributed by atoms with Crippen LogP contribution in [0.3, 0.4) is 0 Å². The lowest BCUT2D eigenvalue weighted by atomic mass is 10.0. The van der Waals surface area contributed by atoms with Gasteiger partial charge in [0.15, 0.2) is 0 Å². The summed E-state index contributed by atoms with van der Waals surface area (Å²) in [5.41, 5.74) is 6.92. The van der Waals surface area contributed by atoms with Crippen molar-refractivity contribution in [3.63, 3.8) is 0 Å². The monoisotopic (exact) mass is 222 g/mol. The van der Waals surface area contributed by atoms with Gasteiger partial charge in [0.2, 0.25) is 0 Å². The number of hydrogen-bond donors (Lipinski definition) is 1. The van der Waals surface area contributed by atoms with Crippen molar-refractivity contribution in [1.29, 1.82) is 0 Å². The lowest BCUT2D eigenvalue weighted by molar-refractivity contribution is 0.317. The molecule has 4 nitrogen and oxygen atoms in total. The fraction of sp³-hybridized carbons (Fsp3) is 0.750. The minimum atomic E-state index is -0.304. The highest BCUT2D eigenvalue weighted by Gasteiger charge is 2.19. The van der Waals surface area contributed by atoms with Crippen LogP contribution in [-0.4, -0.2) is 34.1 Å². The Bertz CT molecular complexity index is 331. The number of likely N-dealkylation sites (tertiary alicyclic amines) is 1. The Balaban J connectivity index is 1.96. The fourth-order valence-corrected chi connectivity index (χ4v) is 2.29. The highest BCUT2D eigenvalue weighted by Crippen LogP contribution is 2.16. The van der Waals surface area contributed by atoms with E-state index in [2.05, 4.69) is 14.5 Å². The van der Waals surface area contributed by atoms with Crippen molar-refractivity contribution in [3.8, 4) is 0 Å². The van der Waals surface area contributed by atoms with E-state index in [4.69, 9.17) is 5.73 Å². The molecule has 0 bridgehead atoms. The molecule has 1 aromatic rings. The van der Waals surface area contributed by atoms with Crippen LogP contribution in [0.2, 0.25) is 0 Å². The molecular formula is C12H22N4. The molecule has 0 unspecified atom stereocenters. The molecule has 0 saturated carbocycles. The molecule has 2 N–H and O–H groups in total. The Morgan fingerprint density at radius 1 is 1.31 bits per heavy atom. The van der Waals surface area contributed by atoms with Crippen molar-refractivity contribution in [2.75, 3.05) is 19.6 Å². The number of aromatic nitrogens is 2. The van der Waals surface area contributed by atoms with Crippen molar-refractivity contribution in [2.45, 2.75) is 38.8 Å². The summed E-state index contributed by atoms with van der Waals surface area (Å²) in [6.07, 6.45) is 6.46. The van der Waals surface area contributed by atoms with E-state index in [0.717, 1.165) is 18.8 Å². The van der Waals surface area contributed by atoms with E-state index in [1.807, 2.05) is 26.4 Å². The van der Waals surface area contributed by atoms with Crippen LogP contribution in [0, 0.1) is 0 Å². The average Bonchev–Trinajstić information content (AvgIpc) is 2.85. The molecule has 2 rings (SSSR count). The zero-order valence-electron chi connectivity index (χ0n) is 10.3. The fourth-order valence-electron chi connectivity index (χ4n) is 2.29. The first-order valence-electron chi connectivity index (χ1n) is 6.09. The van der Waals surface area contributed by atoms with Gasteiger partial charge in [-0.2, -0.15) is 0 Å². The lowest BCUT2D eigenvalue weighted by Gasteiger charge is -2.22. The maximum Gasteiger partial charge on any atom is 0.0949 e. The van der Waals surface area contributed by atoms with Gasteiger partial charge in [-0.05, 0) is 39.8 Å². The predicted molar refractivity (Wildman–Crippen MR) is 65.1 cm³/mol. The van der Waals surface area contributed by atoms with Crippen LogP contribution in [-0.2, 0) is 12.1 Å². The largest absolute Gasteiger partial charge is 0.332 e. The quantitative estimate of drug-likeness (QED) is 0.832. The number of hydrogen-bond acceptors (Lipinski definition) is 3. The van der Waals surface area contributed by atoms with Gasteiger partial charge in [-0.3, -0.25) is 0 Å². The third kappa shape index (κ3) is 2.62. The topological polar surface area (TPSA) is 47.1 Å². The zero-order valence-corrected chi connectivity index (χ0v) is 10.3. The number of nitrogens with zero attached hydrogens (tertiary/aromatic N) is 3. The zero-order chi connectivity index (χ0) is 11.6.